The van der Waals surface area contributed by atoms with Crippen molar-refractivity contribution in [1.82, 2.24) is 10.3 Å². The Bertz CT molecular complexity index is 1220. The Morgan fingerprint density at radius 3 is 2.59 bits per heavy atom. The van der Waals surface area contributed by atoms with Gasteiger partial charge in [-0.05, 0) is 49.8 Å². The van der Waals surface area contributed by atoms with Crippen molar-refractivity contribution in [2.24, 2.45) is 0 Å². The number of benzene rings is 2. The minimum Gasteiger partial charge on any atom is -0.380 e. The van der Waals surface area contributed by atoms with Crippen LogP contribution in [0.5, 0.6) is 0 Å². The third-order valence-corrected chi connectivity index (χ3v) is 8.01. The van der Waals surface area contributed by atoms with Gasteiger partial charge in [0.15, 0.2) is 0 Å². The molecule has 0 aliphatic rings. The summed E-state index contributed by atoms with van der Waals surface area (Å²) in [5.74, 6) is -2.97. The van der Waals surface area contributed by atoms with Crippen LogP contribution >= 0.6 is 23.6 Å². The zero-order valence-corrected chi connectivity index (χ0v) is 24.7. The molecule has 2 N–H and O–H groups in total. The maximum atomic E-state index is 13.9. The largest absolute Gasteiger partial charge is 0.380 e. The molecule has 0 bridgehead atoms. The van der Waals surface area contributed by atoms with Crippen molar-refractivity contribution >= 4 is 40.1 Å². The monoisotopic (exact) mass is 571 g/mol. The predicted molar refractivity (Wildman–Crippen MR) is 163 cm³/mol. The third-order valence-electron chi connectivity index (χ3n) is 6.66. The molecule has 3 aromatic rings. The molecule has 1 aromatic heterocycles. The molecule has 0 fully saturated rings. The fraction of sp³-hybridized carbons (Fsp3) is 0.452. The molecule has 1 atom stereocenters. The fourth-order valence-corrected chi connectivity index (χ4v) is 5.73. The van der Waals surface area contributed by atoms with Crippen LogP contribution in [-0.2, 0) is 5.92 Å². The van der Waals surface area contributed by atoms with Crippen LogP contribution in [0.15, 0.2) is 53.9 Å². The Morgan fingerprint density at radius 1 is 1.05 bits per heavy atom. The van der Waals surface area contributed by atoms with E-state index in [1.165, 1.54) is 36.3 Å². The molecule has 2 aromatic carbocycles. The van der Waals surface area contributed by atoms with Gasteiger partial charge in [0.25, 0.3) is 11.8 Å². The summed E-state index contributed by atoms with van der Waals surface area (Å²) >= 11 is 7.01. The summed E-state index contributed by atoms with van der Waals surface area (Å²) in [5, 5.41) is 9.07. The Labute approximate surface area is 240 Å². The Kier molecular flexibility index (Phi) is 12.0. The van der Waals surface area contributed by atoms with E-state index < -0.39 is 5.92 Å². The second-order valence-electron chi connectivity index (χ2n) is 9.97. The molecular weight excluding hydrogens is 532 g/mol. The van der Waals surface area contributed by atoms with Gasteiger partial charge in [-0.2, -0.15) is 0 Å². The van der Waals surface area contributed by atoms with E-state index in [4.69, 9.17) is 17.2 Å². The summed E-state index contributed by atoms with van der Waals surface area (Å²) in [6.45, 7) is 6.17. The lowest BCUT2D eigenvalue weighted by Gasteiger charge is -2.15. The van der Waals surface area contributed by atoms with Crippen molar-refractivity contribution in [3.05, 3.63) is 70.2 Å². The molecule has 1 unspecified atom stereocenters. The maximum absolute atomic E-state index is 13.9. The Balaban J connectivity index is 1.65. The van der Waals surface area contributed by atoms with Gasteiger partial charge in [0, 0.05) is 41.6 Å². The third kappa shape index (κ3) is 9.46. The van der Waals surface area contributed by atoms with Gasteiger partial charge in [0.2, 0.25) is 0 Å². The van der Waals surface area contributed by atoms with E-state index in [2.05, 4.69) is 24.5 Å². The summed E-state index contributed by atoms with van der Waals surface area (Å²) in [4.78, 5) is 18.8. The number of thiazole rings is 1. The Morgan fingerprint density at radius 2 is 1.85 bits per heavy atom. The van der Waals surface area contributed by atoms with Crippen LogP contribution in [0.25, 0.3) is 11.1 Å². The summed E-state index contributed by atoms with van der Waals surface area (Å²) < 4.78 is 27.8. The number of nitrogens with zero attached hydrogens (tertiary/aromatic N) is 1. The van der Waals surface area contributed by atoms with Gasteiger partial charge in [-0.3, -0.25) is 4.79 Å². The normalized spacial score (nSPS) is 12.2. The smallest absolute Gasteiger partial charge is 0.275 e. The van der Waals surface area contributed by atoms with Gasteiger partial charge in [0.1, 0.15) is 5.69 Å². The van der Waals surface area contributed by atoms with Crippen LogP contribution in [0.1, 0.15) is 99.1 Å². The highest BCUT2D eigenvalue weighted by Crippen LogP contribution is 2.34. The van der Waals surface area contributed by atoms with E-state index in [1.54, 1.807) is 23.6 Å². The fourth-order valence-electron chi connectivity index (χ4n) is 4.51. The molecule has 1 amide bonds. The highest BCUT2D eigenvalue weighted by atomic mass is 32.1. The molecule has 4 nitrogen and oxygen atoms in total. The standard InChI is InChI=1S/C31H39F2N3OS2/c1-4-6-9-19-34-28(38)18-11-13-22(12-5-2)30-36-27(21-39-30)29(37)35-26-17-8-7-16-25(26)23-14-10-15-24(20-23)31(3,32)33/h7-8,10,14-17,20-22H,4-6,9,11-13,18-19H2,1-3H3,(H,34,38)(H,35,37). The average Bonchev–Trinajstić information content (AvgIpc) is 3.41. The number of unbranched alkanes of at least 4 members (excludes halogenated alkanes) is 2. The molecule has 210 valence electrons. The molecular formula is C31H39F2N3OS2. The number of rotatable bonds is 15. The molecule has 8 heteroatoms. The van der Waals surface area contributed by atoms with Crippen LogP contribution in [0, 0.1) is 0 Å². The number of carbonyl (C=O) groups excluding carboxylic acids is 1. The Hall–Kier alpha value is -2.71. The molecule has 1 heterocycles. The molecule has 0 aliphatic carbocycles. The van der Waals surface area contributed by atoms with Gasteiger partial charge < -0.3 is 10.6 Å². The SMILES string of the molecule is CCCCCNC(=S)CCCC(CCC)c1nc(C(=O)Nc2ccccc2-c2cccc(C(C)(F)F)c2)cs1. The average molecular weight is 572 g/mol. The van der Waals surface area contributed by atoms with Crippen molar-refractivity contribution in [3.63, 3.8) is 0 Å². The first-order chi connectivity index (χ1) is 18.7. The van der Waals surface area contributed by atoms with E-state index in [9.17, 15) is 13.6 Å². The van der Waals surface area contributed by atoms with Gasteiger partial charge in [0.05, 0.1) is 10.00 Å². The maximum Gasteiger partial charge on any atom is 0.275 e. The van der Waals surface area contributed by atoms with Crippen molar-refractivity contribution in [2.45, 2.75) is 84.0 Å². The highest BCUT2D eigenvalue weighted by molar-refractivity contribution is 7.80. The molecule has 0 spiro atoms. The van der Waals surface area contributed by atoms with Crippen LogP contribution in [0.2, 0.25) is 0 Å². The lowest BCUT2D eigenvalue weighted by atomic mass is 9.97. The second-order valence-corrected chi connectivity index (χ2v) is 11.4. The van der Waals surface area contributed by atoms with Gasteiger partial charge >= 0.3 is 0 Å². The van der Waals surface area contributed by atoms with Crippen molar-refractivity contribution in [2.75, 3.05) is 11.9 Å². The van der Waals surface area contributed by atoms with Crippen molar-refractivity contribution < 1.29 is 13.6 Å². The number of alkyl halides is 2. The molecule has 39 heavy (non-hydrogen) atoms. The van der Waals surface area contributed by atoms with Crippen molar-refractivity contribution in [3.8, 4) is 11.1 Å². The van der Waals surface area contributed by atoms with Crippen molar-refractivity contribution in [1.29, 1.82) is 0 Å². The summed E-state index contributed by atoms with van der Waals surface area (Å²) in [6.07, 6.45) is 8.41. The number of para-hydroxylation sites is 1. The number of aromatic nitrogens is 1. The van der Waals surface area contributed by atoms with Crippen LogP contribution in [0.3, 0.4) is 0 Å². The number of hydrogen-bond acceptors (Lipinski definition) is 4. The number of hydrogen-bond donors (Lipinski definition) is 2. The lowest BCUT2D eigenvalue weighted by molar-refractivity contribution is 0.0175. The summed E-state index contributed by atoms with van der Waals surface area (Å²) in [6, 6.07) is 13.5. The van der Waals surface area contributed by atoms with E-state index in [1.807, 2.05) is 18.2 Å². The first-order valence-electron chi connectivity index (χ1n) is 13.8. The first-order valence-corrected chi connectivity index (χ1v) is 15.1. The van der Waals surface area contributed by atoms with Gasteiger partial charge in [-0.1, -0.05) is 81.7 Å². The van der Waals surface area contributed by atoms with E-state index in [0.29, 0.717) is 22.5 Å². The zero-order valence-electron chi connectivity index (χ0n) is 23.1. The van der Waals surface area contributed by atoms with E-state index in [0.717, 1.165) is 62.0 Å². The van der Waals surface area contributed by atoms with Gasteiger partial charge in [-0.25, -0.2) is 13.8 Å². The van der Waals surface area contributed by atoms with Crippen LogP contribution < -0.4 is 10.6 Å². The number of thiocarbonyl (C=S) groups is 1. The lowest BCUT2D eigenvalue weighted by Crippen LogP contribution is -2.22. The number of nitrogens with one attached hydrogen (secondary N) is 2. The van der Waals surface area contributed by atoms with E-state index in [-0.39, 0.29) is 17.4 Å². The predicted octanol–water partition coefficient (Wildman–Crippen LogP) is 9.34. The molecule has 0 aliphatic heterocycles. The number of carbonyl (C=O) groups is 1. The first kappa shape index (κ1) is 30.8. The number of amides is 1. The molecule has 0 saturated heterocycles. The van der Waals surface area contributed by atoms with Gasteiger partial charge in [-0.15, -0.1) is 11.3 Å². The zero-order chi connectivity index (χ0) is 28.3. The van der Waals surface area contributed by atoms with E-state index >= 15 is 0 Å². The number of anilines is 1. The summed E-state index contributed by atoms with van der Waals surface area (Å²) in [5.41, 5.74) is 2.15. The second kappa shape index (κ2) is 15.2. The number of halogens is 2. The van der Waals surface area contributed by atoms with Crippen LogP contribution in [0.4, 0.5) is 14.5 Å². The highest BCUT2D eigenvalue weighted by Gasteiger charge is 2.25. The molecule has 0 saturated carbocycles. The molecule has 0 radical (unpaired) electrons. The molecule has 3 rings (SSSR count). The topological polar surface area (TPSA) is 54.0 Å². The van der Waals surface area contributed by atoms with Crippen LogP contribution in [-0.4, -0.2) is 22.4 Å². The quantitative estimate of drug-likeness (QED) is 0.141. The minimum absolute atomic E-state index is 0.0692. The minimum atomic E-state index is -2.95. The summed E-state index contributed by atoms with van der Waals surface area (Å²) in [7, 11) is 0.